The van der Waals surface area contributed by atoms with E-state index in [4.69, 9.17) is 9.47 Å². The predicted octanol–water partition coefficient (Wildman–Crippen LogP) is 4.93. The maximum atomic E-state index is 13.0. The van der Waals surface area contributed by atoms with E-state index in [9.17, 15) is 14.4 Å². The molecule has 1 saturated carbocycles. The number of para-hydroxylation sites is 1. The third-order valence-corrected chi connectivity index (χ3v) is 8.16. The van der Waals surface area contributed by atoms with E-state index in [1.54, 1.807) is 65.7 Å². The first-order valence-corrected chi connectivity index (χ1v) is 14.0. The van der Waals surface area contributed by atoms with Crippen LogP contribution in [0.2, 0.25) is 0 Å². The Bertz CT molecular complexity index is 1670. The fourth-order valence-electron chi connectivity index (χ4n) is 5.64. The number of fused-ring (bicyclic) bond motifs is 3. The molecule has 3 aromatic carbocycles. The lowest BCUT2D eigenvalue weighted by Gasteiger charge is -2.26. The summed E-state index contributed by atoms with van der Waals surface area (Å²) in [4.78, 5) is 44.7. The number of nitrogens with one attached hydrogen (secondary N) is 3. The highest BCUT2D eigenvalue weighted by Gasteiger charge is 2.56. The minimum Gasteiger partial charge on any atom is -0.457 e. The molecule has 7 rings (SSSR count). The fourth-order valence-corrected chi connectivity index (χ4v) is 5.64. The van der Waals surface area contributed by atoms with Crippen molar-refractivity contribution in [2.24, 2.45) is 5.41 Å². The number of benzene rings is 3. The number of carbonyl (C=O) groups excluding carboxylic acids is 3. The van der Waals surface area contributed by atoms with Gasteiger partial charge in [0.15, 0.2) is 0 Å². The van der Waals surface area contributed by atoms with Crippen molar-refractivity contribution in [1.29, 1.82) is 0 Å². The topological polar surface area (TPSA) is 122 Å². The summed E-state index contributed by atoms with van der Waals surface area (Å²) in [5.74, 6) is 0.965. The largest absolute Gasteiger partial charge is 0.457 e. The van der Waals surface area contributed by atoms with Crippen LogP contribution in [0.5, 0.6) is 17.2 Å². The Balaban J connectivity index is 0.990. The summed E-state index contributed by atoms with van der Waals surface area (Å²) in [5, 5.41) is 9.85. The molecule has 3 N–H and O–H groups in total. The van der Waals surface area contributed by atoms with E-state index in [2.05, 4.69) is 20.9 Å². The van der Waals surface area contributed by atoms with Gasteiger partial charge in [-0.15, -0.1) is 0 Å². The number of amides is 3. The first-order chi connectivity index (χ1) is 20.5. The number of rotatable bonds is 7. The standard InChI is InChI=1S/C32H29N5O5/c38-29(35-20-4-2-1-3-5-20)32(13-14-32)30(39)36-21-6-8-24(9-7-21)41-28-12-15-33-27-17-25(10-11-26(27)28)42-31(40)37-19-22-16-23(37)18-34-22/h1-12,15,17,22-23,34H,13-14,16,18-19H2,(H,35,38)(H,36,39)/t22-,23-/m0/s1. The van der Waals surface area contributed by atoms with Crippen molar-refractivity contribution in [2.45, 2.75) is 31.3 Å². The van der Waals surface area contributed by atoms with Gasteiger partial charge in [-0.25, -0.2) is 4.79 Å². The monoisotopic (exact) mass is 563 g/mol. The van der Waals surface area contributed by atoms with Gasteiger partial charge in [-0.05, 0) is 73.9 Å². The van der Waals surface area contributed by atoms with Gasteiger partial charge in [-0.3, -0.25) is 14.6 Å². The number of anilines is 2. The second-order valence-electron chi connectivity index (χ2n) is 11.0. The van der Waals surface area contributed by atoms with Crippen LogP contribution < -0.4 is 25.4 Å². The number of ether oxygens (including phenoxy) is 2. The normalized spacial score (nSPS) is 19.8. The first kappa shape index (κ1) is 26.0. The van der Waals surface area contributed by atoms with E-state index in [-0.39, 0.29) is 23.9 Å². The van der Waals surface area contributed by atoms with Gasteiger partial charge in [0, 0.05) is 54.2 Å². The number of aromatic nitrogens is 1. The molecular weight excluding hydrogens is 534 g/mol. The summed E-state index contributed by atoms with van der Waals surface area (Å²) in [7, 11) is 0. The van der Waals surface area contributed by atoms with Crippen LogP contribution in [0.1, 0.15) is 19.3 Å². The molecule has 3 aliphatic rings. The number of nitrogens with zero attached hydrogens (tertiary/aromatic N) is 2. The number of hydrogen-bond acceptors (Lipinski definition) is 7. The summed E-state index contributed by atoms with van der Waals surface area (Å²) in [6.45, 7) is 1.47. The van der Waals surface area contributed by atoms with E-state index < -0.39 is 5.41 Å². The molecule has 42 heavy (non-hydrogen) atoms. The highest BCUT2D eigenvalue weighted by molar-refractivity contribution is 6.16. The molecule has 0 radical (unpaired) electrons. The van der Waals surface area contributed by atoms with Crippen LogP contribution in [0.4, 0.5) is 16.2 Å². The summed E-state index contributed by atoms with van der Waals surface area (Å²) in [6, 6.07) is 23.7. The lowest BCUT2D eigenvalue weighted by atomic mass is 10.0. The molecule has 0 unspecified atom stereocenters. The Hall–Kier alpha value is -4.96. The molecule has 2 saturated heterocycles. The van der Waals surface area contributed by atoms with Crippen molar-refractivity contribution in [3.63, 3.8) is 0 Å². The van der Waals surface area contributed by atoms with Crippen LogP contribution in [0.25, 0.3) is 10.9 Å². The number of piperazine rings is 1. The first-order valence-electron chi connectivity index (χ1n) is 14.0. The third-order valence-electron chi connectivity index (χ3n) is 8.16. The molecule has 4 aromatic rings. The van der Waals surface area contributed by atoms with E-state index >= 15 is 0 Å². The molecule has 2 atom stereocenters. The lowest BCUT2D eigenvalue weighted by Crippen LogP contribution is -2.47. The van der Waals surface area contributed by atoms with Gasteiger partial charge < -0.3 is 30.3 Å². The summed E-state index contributed by atoms with van der Waals surface area (Å²) in [6.07, 6.45) is 3.28. The zero-order valence-electron chi connectivity index (χ0n) is 22.7. The van der Waals surface area contributed by atoms with Crippen molar-refractivity contribution in [2.75, 3.05) is 23.7 Å². The lowest BCUT2D eigenvalue weighted by molar-refractivity contribution is -0.131. The Kier molecular flexibility index (Phi) is 6.47. The minimum atomic E-state index is -1.06. The zero-order valence-corrected chi connectivity index (χ0v) is 22.7. The zero-order chi connectivity index (χ0) is 28.7. The van der Waals surface area contributed by atoms with E-state index in [0.717, 1.165) is 18.4 Å². The van der Waals surface area contributed by atoms with Gasteiger partial charge in [0.2, 0.25) is 11.8 Å². The molecule has 3 fully saturated rings. The van der Waals surface area contributed by atoms with Gasteiger partial charge in [-0.2, -0.15) is 0 Å². The second-order valence-corrected chi connectivity index (χ2v) is 11.0. The second kappa shape index (κ2) is 10.5. The summed E-state index contributed by atoms with van der Waals surface area (Å²) < 4.78 is 11.8. The molecular formula is C32H29N5O5. The number of carbonyl (C=O) groups is 3. The Morgan fingerprint density at radius 3 is 2.26 bits per heavy atom. The molecule has 212 valence electrons. The maximum Gasteiger partial charge on any atom is 0.415 e. The van der Waals surface area contributed by atoms with Crippen molar-refractivity contribution in [3.8, 4) is 17.2 Å². The SMILES string of the molecule is O=C(Oc1ccc2c(Oc3ccc(NC(=O)C4(C(=O)Nc5ccccc5)CC4)cc3)ccnc2c1)N1C[C@@H]2C[C@H]1CN2. The molecule has 3 heterocycles. The molecule has 10 heteroatoms. The average molecular weight is 564 g/mol. The van der Waals surface area contributed by atoms with Gasteiger partial charge in [0.25, 0.3) is 0 Å². The number of likely N-dealkylation sites (tertiary alicyclic amines) is 1. The van der Waals surface area contributed by atoms with Crippen LogP contribution in [0, 0.1) is 5.41 Å². The minimum absolute atomic E-state index is 0.190. The quantitative estimate of drug-likeness (QED) is 0.273. The van der Waals surface area contributed by atoms with Crippen LogP contribution >= 0.6 is 0 Å². The third kappa shape index (κ3) is 5.01. The van der Waals surface area contributed by atoms with Crippen LogP contribution in [0.15, 0.2) is 85.1 Å². The fraction of sp³-hybridized carbons (Fsp3) is 0.250. The van der Waals surface area contributed by atoms with Crippen LogP contribution in [-0.2, 0) is 9.59 Å². The highest BCUT2D eigenvalue weighted by Crippen LogP contribution is 2.47. The van der Waals surface area contributed by atoms with Crippen molar-refractivity contribution in [3.05, 3.63) is 85.1 Å². The molecule has 10 nitrogen and oxygen atoms in total. The molecule has 0 spiro atoms. The van der Waals surface area contributed by atoms with E-state index in [1.165, 1.54) is 0 Å². The van der Waals surface area contributed by atoms with Crippen molar-refractivity contribution < 1.29 is 23.9 Å². The molecule has 2 aliphatic heterocycles. The highest BCUT2D eigenvalue weighted by atomic mass is 16.6. The van der Waals surface area contributed by atoms with Crippen LogP contribution in [-0.4, -0.2) is 53.0 Å². The van der Waals surface area contributed by atoms with Gasteiger partial charge in [0.1, 0.15) is 22.7 Å². The Labute approximate surface area is 242 Å². The summed E-state index contributed by atoms with van der Waals surface area (Å²) >= 11 is 0. The van der Waals surface area contributed by atoms with Crippen LogP contribution in [0.3, 0.4) is 0 Å². The Morgan fingerprint density at radius 2 is 1.60 bits per heavy atom. The molecule has 2 bridgehead atoms. The average Bonchev–Trinajstić information content (AvgIpc) is 3.55. The number of hydrogen-bond donors (Lipinski definition) is 3. The van der Waals surface area contributed by atoms with Crippen molar-refractivity contribution in [1.82, 2.24) is 15.2 Å². The van der Waals surface area contributed by atoms with Gasteiger partial charge in [-0.1, -0.05) is 18.2 Å². The van der Waals surface area contributed by atoms with Gasteiger partial charge in [0.05, 0.1) is 5.52 Å². The molecule has 3 amide bonds. The van der Waals surface area contributed by atoms with Crippen molar-refractivity contribution >= 4 is 40.2 Å². The molecule has 1 aromatic heterocycles. The number of pyridine rings is 1. The van der Waals surface area contributed by atoms with E-state index in [1.807, 2.05) is 24.3 Å². The van der Waals surface area contributed by atoms with E-state index in [0.29, 0.717) is 59.6 Å². The predicted molar refractivity (Wildman–Crippen MR) is 157 cm³/mol. The summed E-state index contributed by atoms with van der Waals surface area (Å²) in [5.41, 5.74) is 0.809. The molecule has 1 aliphatic carbocycles. The van der Waals surface area contributed by atoms with Gasteiger partial charge >= 0.3 is 6.09 Å². The smallest absolute Gasteiger partial charge is 0.415 e. The maximum absolute atomic E-state index is 13.0. The Morgan fingerprint density at radius 1 is 0.881 bits per heavy atom.